The van der Waals surface area contributed by atoms with Crippen molar-refractivity contribution in [2.24, 2.45) is 17.6 Å². The lowest BCUT2D eigenvalue weighted by atomic mass is 9.82. The van der Waals surface area contributed by atoms with Gasteiger partial charge in [-0.1, -0.05) is 20.3 Å². The topological polar surface area (TPSA) is 55.1 Å². The zero-order valence-corrected chi connectivity index (χ0v) is 9.25. The van der Waals surface area contributed by atoms with Crippen LogP contribution in [0.25, 0.3) is 0 Å². The normalized spacial score (nSPS) is 27.9. The van der Waals surface area contributed by atoms with Gasteiger partial charge in [-0.15, -0.1) is 0 Å². The minimum absolute atomic E-state index is 0.180. The van der Waals surface area contributed by atoms with Crippen LogP contribution in [0.5, 0.6) is 0 Å². The van der Waals surface area contributed by atoms with Crippen LogP contribution in [-0.2, 0) is 4.79 Å². The monoisotopic (exact) mass is 198 g/mol. The highest BCUT2D eigenvalue weighted by Crippen LogP contribution is 2.26. The molecule has 0 radical (unpaired) electrons. The first kappa shape index (κ1) is 11.5. The highest BCUT2D eigenvalue weighted by molar-refractivity contribution is 5.76. The van der Waals surface area contributed by atoms with E-state index in [0.29, 0.717) is 24.9 Å². The smallest absolute Gasteiger partial charge is 0.220 e. The number of amides is 1. The van der Waals surface area contributed by atoms with Gasteiger partial charge in [0, 0.05) is 12.5 Å². The molecule has 0 aliphatic heterocycles. The standard InChI is InChI=1S/C11H22N2O/c1-3-9(7-12)6-11(14)13-10-4-8(2)5-10/h8-10H,3-7,12H2,1-2H3,(H,13,14). The molecule has 0 aromatic rings. The number of hydrogen-bond donors (Lipinski definition) is 2. The zero-order valence-electron chi connectivity index (χ0n) is 9.25. The summed E-state index contributed by atoms with van der Waals surface area (Å²) in [5.74, 6) is 1.32. The third kappa shape index (κ3) is 3.29. The van der Waals surface area contributed by atoms with Crippen LogP contribution in [0.15, 0.2) is 0 Å². The van der Waals surface area contributed by atoms with Crippen LogP contribution in [0, 0.1) is 11.8 Å². The predicted octanol–water partition coefficient (Wildman–Crippen LogP) is 1.28. The first-order valence-corrected chi connectivity index (χ1v) is 5.65. The van der Waals surface area contributed by atoms with Crippen molar-refractivity contribution < 1.29 is 4.79 Å². The Morgan fingerprint density at radius 2 is 2.21 bits per heavy atom. The summed E-state index contributed by atoms with van der Waals surface area (Å²) in [5, 5.41) is 3.05. The van der Waals surface area contributed by atoms with Gasteiger partial charge >= 0.3 is 0 Å². The van der Waals surface area contributed by atoms with Gasteiger partial charge in [-0.3, -0.25) is 4.79 Å². The Balaban J connectivity index is 2.15. The van der Waals surface area contributed by atoms with Gasteiger partial charge in [-0.2, -0.15) is 0 Å². The van der Waals surface area contributed by atoms with Gasteiger partial charge in [0.15, 0.2) is 0 Å². The van der Waals surface area contributed by atoms with E-state index in [2.05, 4.69) is 19.2 Å². The Hall–Kier alpha value is -0.570. The second kappa shape index (κ2) is 5.35. The quantitative estimate of drug-likeness (QED) is 0.699. The maximum Gasteiger partial charge on any atom is 0.220 e. The molecule has 1 amide bonds. The number of nitrogens with two attached hydrogens (primary N) is 1. The molecule has 0 spiro atoms. The maximum atomic E-state index is 11.5. The van der Waals surface area contributed by atoms with Gasteiger partial charge in [0.05, 0.1) is 0 Å². The molecule has 3 nitrogen and oxygen atoms in total. The van der Waals surface area contributed by atoms with E-state index in [0.717, 1.165) is 25.2 Å². The van der Waals surface area contributed by atoms with Crippen molar-refractivity contribution in [3.63, 3.8) is 0 Å². The lowest BCUT2D eigenvalue weighted by Crippen LogP contribution is -2.44. The van der Waals surface area contributed by atoms with Crippen LogP contribution in [-0.4, -0.2) is 18.5 Å². The molecule has 14 heavy (non-hydrogen) atoms. The molecule has 1 aliphatic carbocycles. The molecule has 1 saturated carbocycles. The van der Waals surface area contributed by atoms with Crippen molar-refractivity contribution in [2.45, 2.75) is 45.6 Å². The summed E-state index contributed by atoms with van der Waals surface area (Å²) in [4.78, 5) is 11.5. The van der Waals surface area contributed by atoms with E-state index in [9.17, 15) is 4.79 Å². The molecule has 0 heterocycles. The number of carbonyl (C=O) groups excluding carboxylic acids is 1. The van der Waals surface area contributed by atoms with Gasteiger partial charge in [0.25, 0.3) is 0 Å². The van der Waals surface area contributed by atoms with Crippen LogP contribution < -0.4 is 11.1 Å². The van der Waals surface area contributed by atoms with E-state index < -0.39 is 0 Å². The summed E-state index contributed by atoms with van der Waals surface area (Å²) >= 11 is 0. The fourth-order valence-electron chi connectivity index (χ4n) is 1.96. The predicted molar refractivity (Wildman–Crippen MR) is 57.8 cm³/mol. The van der Waals surface area contributed by atoms with Crippen molar-refractivity contribution in [3.8, 4) is 0 Å². The molecule has 0 aromatic carbocycles. The highest BCUT2D eigenvalue weighted by Gasteiger charge is 2.26. The van der Waals surface area contributed by atoms with Crippen LogP contribution in [0.2, 0.25) is 0 Å². The summed E-state index contributed by atoms with van der Waals surface area (Å²) in [7, 11) is 0. The molecule has 0 bridgehead atoms. The summed E-state index contributed by atoms with van der Waals surface area (Å²) in [5.41, 5.74) is 5.55. The fraction of sp³-hybridized carbons (Fsp3) is 0.909. The Morgan fingerprint density at radius 3 is 2.64 bits per heavy atom. The van der Waals surface area contributed by atoms with Gasteiger partial charge in [0.1, 0.15) is 0 Å². The third-order valence-electron chi connectivity index (χ3n) is 3.12. The van der Waals surface area contributed by atoms with Gasteiger partial charge in [0.2, 0.25) is 5.91 Å². The van der Waals surface area contributed by atoms with Crippen LogP contribution in [0.1, 0.15) is 39.5 Å². The van der Waals surface area contributed by atoms with Crippen molar-refractivity contribution in [1.82, 2.24) is 5.32 Å². The largest absolute Gasteiger partial charge is 0.353 e. The van der Waals surface area contributed by atoms with E-state index in [1.54, 1.807) is 0 Å². The van der Waals surface area contributed by atoms with Gasteiger partial charge in [-0.05, 0) is 31.2 Å². The second-order valence-corrected chi connectivity index (χ2v) is 4.56. The number of nitrogens with one attached hydrogen (secondary N) is 1. The van der Waals surface area contributed by atoms with E-state index in [1.165, 1.54) is 0 Å². The summed E-state index contributed by atoms with van der Waals surface area (Å²) in [6.07, 6.45) is 3.87. The zero-order chi connectivity index (χ0) is 10.6. The molecular formula is C11H22N2O. The molecular weight excluding hydrogens is 176 g/mol. The molecule has 1 aliphatic rings. The van der Waals surface area contributed by atoms with Crippen LogP contribution >= 0.6 is 0 Å². The molecule has 3 N–H and O–H groups in total. The van der Waals surface area contributed by atoms with Gasteiger partial charge < -0.3 is 11.1 Å². The average Bonchev–Trinajstić information content (AvgIpc) is 2.11. The van der Waals surface area contributed by atoms with Crippen molar-refractivity contribution >= 4 is 5.91 Å². The highest BCUT2D eigenvalue weighted by atomic mass is 16.1. The van der Waals surface area contributed by atoms with E-state index in [-0.39, 0.29) is 5.91 Å². The summed E-state index contributed by atoms with van der Waals surface area (Å²) in [6.45, 7) is 4.92. The maximum absolute atomic E-state index is 11.5. The molecule has 1 fully saturated rings. The minimum Gasteiger partial charge on any atom is -0.353 e. The molecule has 1 rings (SSSR count). The molecule has 3 heteroatoms. The third-order valence-corrected chi connectivity index (χ3v) is 3.12. The Bertz CT molecular complexity index is 184. The lowest BCUT2D eigenvalue weighted by molar-refractivity contribution is -0.123. The lowest BCUT2D eigenvalue weighted by Gasteiger charge is -2.33. The van der Waals surface area contributed by atoms with Gasteiger partial charge in [-0.25, -0.2) is 0 Å². The summed E-state index contributed by atoms with van der Waals surface area (Å²) < 4.78 is 0. The van der Waals surface area contributed by atoms with Crippen molar-refractivity contribution in [1.29, 1.82) is 0 Å². The van der Waals surface area contributed by atoms with Crippen molar-refractivity contribution in [2.75, 3.05) is 6.54 Å². The van der Waals surface area contributed by atoms with E-state index in [4.69, 9.17) is 5.73 Å². The Labute approximate surface area is 86.4 Å². The van der Waals surface area contributed by atoms with Crippen molar-refractivity contribution in [3.05, 3.63) is 0 Å². The molecule has 1 atom stereocenters. The first-order valence-electron chi connectivity index (χ1n) is 5.65. The van der Waals surface area contributed by atoms with Crippen LogP contribution in [0.3, 0.4) is 0 Å². The van der Waals surface area contributed by atoms with E-state index in [1.807, 2.05) is 0 Å². The number of rotatable bonds is 5. The van der Waals surface area contributed by atoms with E-state index >= 15 is 0 Å². The fourth-order valence-corrected chi connectivity index (χ4v) is 1.96. The SMILES string of the molecule is CCC(CN)CC(=O)NC1CC(C)C1. The number of hydrogen-bond acceptors (Lipinski definition) is 2. The number of carbonyl (C=O) groups is 1. The second-order valence-electron chi connectivity index (χ2n) is 4.56. The Morgan fingerprint density at radius 1 is 1.57 bits per heavy atom. The van der Waals surface area contributed by atoms with Crippen LogP contribution in [0.4, 0.5) is 0 Å². The Kier molecular flexibility index (Phi) is 4.39. The average molecular weight is 198 g/mol. The molecule has 82 valence electrons. The molecule has 0 aromatic heterocycles. The minimum atomic E-state index is 0.180. The molecule has 1 unspecified atom stereocenters. The first-order chi connectivity index (χ1) is 6.65. The summed E-state index contributed by atoms with van der Waals surface area (Å²) in [6, 6.07) is 0.438. The molecule has 0 saturated heterocycles.